The third-order valence-electron chi connectivity index (χ3n) is 7.57. The molecule has 1 amide bonds. The van der Waals surface area contributed by atoms with E-state index in [1.54, 1.807) is 20.8 Å². The maximum Gasteiger partial charge on any atom is 0.417 e. The van der Waals surface area contributed by atoms with Crippen LogP contribution in [0.5, 0.6) is 0 Å². The van der Waals surface area contributed by atoms with Crippen molar-refractivity contribution < 1.29 is 35.5 Å². The second-order valence-electron chi connectivity index (χ2n) is 11.9. The minimum atomic E-state index is -4.83. The van der Waals surface area contributed by atoms with Crippen molar-refractivity contribution in [2.75, 3.05) is 13.2 Å². The number of likely N-dealkylation sites (tertiary alicyclic amines) is 1. The molecule has 1 fully saturated rings. The van der Waals surface area contributed by atoms with Crippen LogP contribution >= 0.6 is 0 Å². The lowest BCUT2D eigenvalue weighted by atomic mass is 9.99. The van der Waals surface area contributed by atoms with Crippen LogP contribution in [0.15, 0.2) is 29.2 Å². The highest BCUT2D eigenvalue weighted by Crippen LogP contribution is 2.45. The van der Waals surface area contributed by atoms with E-state index in [2.05, 4.69) is 40.8 Å². The van der Waals surface area contributed by atoms with E-state index < -0.39 is 57.8 Å². The molecule has 1 aromatic carbocycles. The van der Waals surface area contributed by atoms with E-state index in [0.717, 1.165) is 18.2 Å². The van der Waals surface area contributed by atoms with Gasteiger partial charge in [-0.05, 0) is 63.4 Å². The summed E-state index contributed by atoms with van der Waals surface area (Å²) in [6.07, 6.45) is -5.57. The average Bonchev–Trinajstić information content (AvgIpc) is 3.15. The van der Waals surface area contributed by atoms with Crippen molar-refractivity contribution in [1.82, 2.24) is 4.90 Å². The second-order valence-corrected chi connectivity index (χ2v) is 18.7. The predicted molar refractivity (Wildman–Crippen MR) is 136 cm³/mol. The number of carbonyl (C=O) groups is 1. The molecule has 36 heavy (non-hydrogen) atoms. The van der Waals surface area contributed by atoms with E-state index >= 15 is 0 Å². The van der Waals surface area contributed by atoms with Crippen molar-refractivity contribution in [3.05, 3.63) is 29.8 Å². The van der Waals surface area contributed by atoms with Crippen LogP contribution in [0.2, 0.25) is 18.1 Å². The van der Waals surface area contributed by atoms with Gasteiger partial charge in [0, 0.05) is 6.54 Å². The lowest BCUT2D eigenvalue weighted by molar-refractivity contribution is -0.139. The maximum absolute atomic E-state index is 13.6. The number of hydrogen-bond acceptors (Lipinski definition) is 5. The van der Waals surface area contributed by atoms with Crippen LogP contribution in [0, 0.1) is 5.92 Å². The molecule has 0 N–H and O–H groups in total. The summed E-state index contributed by atoms with van der Waals surface area (Å²) in [6.45, 7) is 17.5. The minimum Gasteiger partial charge on any atom is -0.444 e. The number of sulfone groups is 1. The number of nitrogens with zero attached hydrogens (tertiary/aromatic N) is 1. The standard InChI is InChI=1S/C25H40F3NO5SSi/c1-17(2)24(6,7)36(8,9)33-16-18-14-19(15-29(18)22(30)34-23(3,4)5)35(31,32)21-13-11-10-12-20(21)25(26,27)28/h10-13,17-19H,14-16H2,1-9H3/t18-,19+/m1/s1. The Morgan fingerprint density at radius 3 is 2.17 bits per heavy atom. The van der Waals surface area contributed by atoms with Crippen molar-refractivity contribution in [2.45, 2.75) is 101 Å². The van der Waals surface area contributed by atoms with E-state index in [4.69, 9.17) is 9.16 Å². The van der Waals surface area contributed by atoms with E-state index in [1.165, 1.54) is 11.0 Å². The molecule has 206 valence electrons. The van der Waals surface area contributed by atoms with Gasteiger partial charge in [-0.25, -0.2) is 13.2 Å². The van der Waals surface area contributed by atoms with Gasteiger partial charge in [0.15, 0.2) is 18.2 Å². The van der Waals surface area contributed by atoms with Crippen molar-refractivity contribution in [2.24, 2.45) is 5.92 Å². The minimum absolute atomic E-state index is 0.0413. The van der Waals surface area contributed by atoms with Crippen molar-refractivity contribution >= 4 is 24.2 Å². The Balaban J connectivity index is 2.41. The predicted octanol–water partition coefficient (Wildman–Crippen LogP) is 6.52. The van der Waals surface area contributed by atoms with Gasteiger partial charge in [-0.3, -0.25) is 0 Å². The van der Waals surface area contributed by atoms with Crippen LogP contribution in [0.4, 0.5) is 18.0 Å². The lowest BCUT2D eigenvalue weighted by Crippen LogP contribution is -2.49. The number of amides is 1. The smallest absolute Gasteiger partial charge is 0.417 e. The molecule has 0 bridgehead atoms. The molecule has 2 atom stereocenters. The Bertz CT molecular complexity index is 1050. The highest BCUT2D eigenvalue weighted by Gasteiger charge is 2.48. The first-order valence-electron chi connectivity index (χ1n) is 12.1. The molecule has 0 spiro atoms. The first kappa shape index (κ1) is 30.6. The van der Waals surface area contributed by atoms with Crippen LogP contribution in [0.25, 0.3) is 0 Å². The monoisotopic (exact) mass is 551 g/mol. The summed E-state index contributed by atoms with van der Waals surface area (Å²) in [5, 5.41) is -1.33. The zero-order chi connectivity index (χ0) is 27.9. The van der Waals surface area contributed by atoms with E-state index in [9.17, 15) is 26.4 Å². The SMILES string of the molecule is CC(C)C(C)(C)[Si](C)(C)OC[C@H]1C[C@H](S(=O)(=O)c2ccccc2C(F)(F)F)CN1C(=O)OC(C)(C)C. The fourth-order valence-corrected chi connectivity index (χ4v) is 8.44. The van der Waals surface area contributed by atoms with Gasteiger partial charge in [0.1, 0.15) is 5.60 Å². The van der Waals surface area contributed by atoms with Crippen molar-refractivity contribution in [3.8, 4) is 0 Å². The first-order chi connectivity index (χ1) is 16.1. The first-order valence-corrected chi connectivity index (χ1v) is 16.6. The van der Waals surface area contributed by atoms with Crippen LogP contribution in [-0.2, 0) is 25.2 Å². The number of rotatable bonds is 7. The number of hydrogen-bond donors (Lipinski definition) is 0. The second kappa shape index (κ2) is 10.3. The molecular formula is C25H40F3NO5SSi. The molecule has 0 unspecified atom stereocenters. The Morgan fingerprint density at radius 2 is 1.67 bits per heavy atom. The Morgan fingerprint density at radius 1 is 1.11 bits per heavy atom. The van der Waals surface area contributed by atoms with Gasteiger partial charge in [-0.15, -0.1) is 0 Å². The Hall–Kier alpha value is -1.59. The summed E-state index contributed by atoms with van der Waals surface area (Å²) < 4.78 is 79.6. The topological polar surface area (TPSA) is 72.9 Å². The van der Waals surface area contributed by atoms with Crippen LogP contribution in [0.3, 0.4) is 0 Å². The fraction of sp³-hybridized carbons (Fsp3) is 0.720. The third-order valence-corrected chi connectivity index (χ3v) is 14.3. The Kier molecular flexibility index (Phi) is 8.75. The summed E-state index contributed by atoms with van der Waals surface area (Å²) in [5.74, 6) is 0.330. The molecule has 1 saturated heterocycles. The van der Waals surface area contributed by atoms with Crippen LogP contribution in [-0.4, -0.2) is 57.8 Å². The fourth-order valence-electron chi connectivity index (χ4n) is 4.11. The van der Waals surface area contributed by atoms with Gasteiger partial charge < -0.3 is 14.1 Å². The highest BCUT2D eigenvalue weighted by molar-refractivity contribution is 7.92. The van der Waals surface area contributed by atoms with Crippen LogP contribution < -0.4 is 0 Å². The average molecular weight is 552 g/mol. The number of alkyl halides is 3. The molecule has 2 rings (SSSR count). The maximum atomic E-state index is 13.6. The van der Waals surface area contributed by atoms with Gasteiger partial charge in [0.2, 0.25) is 0 Å². The van der Waals surface area contributed by atoms with E-state index in [0.29, 0.717) is 5.92 Å². The summed E-state index contributed by atoms with van der Waals surface area (Å²) in [7, 11) is -6.72. The molecule has 6 nitrogen and oxygen atoms in total. The highest BCUT2D eigenvalue weighted by atomic mass is 32.2. The number of benzene rings is 1. The third kappa shape index (κ3) is 6.64. The van der Waals surface area contributed by atoms with Crippen LogP contribution in [0.1, 0.15) is 60.5 Å². The molecule has 0 saturated carbocycles. The van der Waals surface area contributed by atoms with E-state index in [-0.39, 0.29) is 24.6 Å². The molecule has 0 radical (unpaired) electrons. The molecule has 11 heteroatoms. The summed E-state index contributed by atoms with van der Waals surface area (Å²) in [5.41, 5.74) is -2.03. The van der Waals surface area contributed by atoms with Gasteiger partial charge in [0.05, 0.1) is 28.4 Å². The van der Waals surface area contributed by atoms with Gasteiger partial charge >= 0.3 is 12.3 Å². The molecule has 0 aliphatic carbocycles. The summed E-state index contributed by atoms with van der Waals surface area (Å²) >= 11 is 0. The zero-order valence-electron chi connectivity index (χ0n) is 22.7. The molecule has 1 aliphatic rings. The van der Waals surface area contributed by atoms with Gasteiger partial charge in [-0.1, -0.05) is 39.8 Å². The molecule has 1 aliphatic heterocycles. The van der Waals surface area contributed by atoms with Crippen molar-refractivity contribution in [1.29, 1.82) is 0 Å². The largest absolute Gasteiger partial charge is 0.444 e. The normalized spacial score (nSPS) is 20.2. The summed E-state index contributed by atoms with van der Waals surface area (Å²) in [4.78, 5) is 13.5. The number of halogens is 3. The molecule has 1 heterocycles. The number of ether oxygens (including phenoxy) is 1. The zero-order valence-corrected chi connectivity index (χ0v) is 24.5. The van der Waals surface area contributed by atoms with Crippen molar-refractivity contribution in [3.63, 3.8) is 0 Å². The molecular weight excluding hydrogens is 511 g/mol. The quantitative estimate of drug-likeness (QED) is 0.361. The lowest BCUT2D eigenvalue weighted by Gasteiger charge is -2.43. The molecule has 0 aromatic heterocycles. The van der Waals surface area contributed by atoms with E-state index in [1.807, 2.05) is 0 Å². The Labute approximate surface area is 214 Å². The van der Waals surface area contributed by atoms with Gasteiger partial charge in [0.25, 0.3) is 0 Å². The number of carbonyl (C=O) groups excluding carboxylic acids is 1. The summed E-state index contributed by atoms with van der Waals surface area (Å²) in [6, 6.07) is 3.51. The molecule has 1 aromatic rings. The van der Waals surface area contributed by atoms with Gasteiger partial charge in [-0.2, -0.15) is 13.2 Å².